The fourth-order valence-corrected chi connectivity index (χ4v) is 2.12. The van der Waals surface area contributed by atoms with E-state index in [4.69, 9.17) is 10.9 Å². The summed E-state index contributed by atoms with van der Waals surface area (Å²) in [6, 6.07) is 9.83. The fourth-order valence-electron chi connectivity index (χ4n) is 2.12. The highest BCUT2D eigenvalue weighted by molar-refractivity contribution is 5.80. The van der Waals surface area contributed by atoms with E-state index in [-0.39, 0.29) is 11.9 Å². The number of rotatable bonds is 5. The number of hydrogen-bond acceptors (Lipinski definition) is 4. The van der Waals surface area contributed by atoms with Gasteiger partial charge in [0, 0.05) is 19.7 Å². The molecule has 6 heteroatoms. The van der Waals surface area contributed by atoms with Crippen LogP contribution in [0.15, 0.2) is 41.7 Å². The molecule has 0 spiro atoms. The van der Waals surface area contributed by atoms with Crippen molar-refractivity contribution in [2.45, 2.75) is 19.4 Å². The Hall–Kier alpha value is -2.50. The number of nitrogens with two attached hydrogens (primary N) is 1. The van der Waals surface area contributed by atoms with E-state index in [1.165, 1.54) is 0 Å². The molecule has 2 aromatic rings. The molecule has 6 nitrogen and oxygen atoms in total. The van der Waals surface area contributed by atoms with Gasteiger partial charge in [0.25, 0.3) is 0 Å². The molecule has 1 atom stereocenters. The van der Waals surface area contributed by atoms with Crippen LogP contribution < -0.4 is 11.1 Å². The van der Waals surface area contributed by atoms with E-state index in [1.54, 1.807) is 4.68 Å². The largest absolute Gasteiger partial charge is 0.409 e. The highest BCUT2D eigenvalue weighted by Crippen LogP contribution is 2.24. The number of benzene rings is 1. The summed E-state index contributed by atoms with van der Waals surface area (Å²) in [6.45, 7) is 1.94. The SMILES string of the molecule is Cc1nn(C)cc1NC(C/C(N)=N/O)c1ccccc1. The molecular formula is C14H19N5O. The van der Waals surface area contributed by atoms with Crippen LogP contribution in [0, 0.1) is 6.92 Å². The van der Waals surface area contributed by atoms with E-state index in [9.17, 15) is 0 Å². The number of nitrogens with one attached hydrogen (secondary N) is 1. The molecule has 20 heavy (non-hydrogen) atoms. The molecule has 1 aromatic carbocycles. The van der Waals surface area contributed by atoms with Gasteiger partial charge in [-0.3, -0.25) is 4.68 Å². The molecule has 0 aliphatic carbocycles. The zero-order valence-corrected chi connectivity index (χ0v) is 11.6. The van der Waals surface area contributed by atoms with Crippen molar-refractivity contribution in [2.75, 3.05) is 5.32 Å². The van der Waals surface area contributed by atoms with Gasteiger partial charge in [-0.2, -0.15) is 5.10 Å². The van der Waals surface area contributed by atoms with Crippen LogP contribution in [-0.2, 0) is 7.05 Å². The van der Waals surface area contributed by atoms with E-state index in [2.05, 4.69) is 15.6 Å². The van der Waals surface area contributed by atoms with E-state index in [0.717, 1.165) is 16.9 Å². The Morgan fingerprint density at radius 3 is 2.70 bits per heavy atom. The van der Waals surface area contributed by atoms with Gasteiger partial charge in [0.1, 0.15) is 5.84 Å². The van der Waals surface area contributed by atoms with E-state index < -0.39 is 0 Å². The molecule has 1 heterocycles. The molecule has 1 unspecified atom stereocenters. The summed E-state index contributed by atoms with van der Waals surface area (Å²) in [6.07, 6.45) is 2.33. The standard InChI is InChI=1S/C14H19N5O/c1-10-13(9-19(2)17-10)16-12(8-14(15)18-20)11-6-4-3-5-7-11/h3-7,9,12,16,20H,8H2,1-2H3,(H2,15,18). The number of amidine groups is 1. The summed E-state index contributed by atoms with van der Waals surface area (Å²) in [5.74, 6) is 0.188. The van der Waals surface area contributed by atoms with Gasteiger partial charge < -0.3 is 16.3 Å². The van der Waals surface area contributed by atoms with Crippen molar-refractivity contribution < 1.29 is 5.21 Å². The Morgan fingerprint density at radius 1 is 1.45 bits per heavy atom. The lowest BCUT2D eigenvalue weighted by Gasteiger charge is -2.19. The first kappa shape index (κ1) is 13.9. The molecule has 0 radical (unpaired) electrons. The quantitative estimate of drug-likeness (QED) is 0.336. The Morgan fingerprint density at radius 2 is 2.15 bits per heavy atom. The maximum absolute atomic E-state index is 8.77. The lowest BCUT2D eigenvalue weighted by Crippen LogP contribution is -2.21. The maximum atomic E-state index is 8.77. The second-order valence-electron chi connectivity index (χ2n) is 4.70. The molecule has 2 rings (SSSR count). The fraction of sp³-hybridized carbons (Fsp3) is 0.286. The Kier molecular flexibility index (Phi) is 4.24. The Balaban J connectivity index is 2.25. The number of aromatic nitrogens is 2. The summed E-state index contributed by atoms with van der Waals surface area (Å²) in [4.78, 5) is 0. The van der Waals surface area contributed by atoms with Gasteiger partial charge in [0.15, 0.2) is 0 Å². The topological polar surface area (TPSA) is 88.5 Å². The first-order valence-corrected chi connectivity index (χ1v) is 6.38. The van der Waals surface area contributed by atoms with Crippen LogP contribution in [0.25, 0.3) is 0 Å². The molecule has 0 saturated heterocycles. The van der Waals surface area contributed by atoms with E-state index in [1.807, 2.05) is 50.5 Å². The predicted octanol–water partition coefficient (Wildman–Crippen LogP) is 2.02. The number of anilines is 1. The summed E-state index contributed by atoms with van der Waals surface area (Å²) >= 11 is 0. The minimum Gasteiger partial charge on any atom is -0.409 e. The second-order valence-corrected chi connectivity index (χ2v) is 4.70. The van der Waals surface area contributed by atoms with Gasteiger partial charge in [-0.15, -0.1) is 0 Å². The van der Waals surface area contributed by atoms with Crippen molar-refractivity contribution in [2.24, 2.45) is 17.9 Å². The summed E-state index contributed by atoms with van der Waals surface area (Å²) in [5.41, 5.74) is 8.57. The molecule has 0 bridgehead atoms. The first-order valence-electron chi connectivity index (χ1n) is 6.38. The second kappa shape index (κ2) is 6.10. The zero-order chi connectivity index (χ0) is 14.5. The summed E-state index contributed by atoms with van der Waals surface area (Å²) in [5, 5.41) is 19.5. The van der Waals surface area contributed by atoms with Crippen LogP contribution in [-0.4, -0.2) is 20.8 Å². The van der Waals surface area contributed by atoms with Crippen LogP contribution in [0.5, 0.6) is 0 Å². The average molecular weight is 273 g/mol. The van der Waals surface area contributed by atoms with Crippen LogP contribution in [0.3, 0.4) is 0 Å². The van der Waals surface area contributed by atoms with Gasteiger partial charge in [-0.25, -0.2) is 0 Å². The van der Waals surface area contributed by atoms with Crippen LogP contribution in [0.1, 0.15) is 23.7 Å². The summed E-state index contributed by atoms with van der Waals surface area (Å²) in [7, 11) is 1.87. The normalized spacial score (nSPS) is 13.2. The molecule has 0 aliphatic heterocycles. The third-order valence-corrected chi connectivity index (χ3v) is 3.09. The number of hydrogen-bond donors (Lipinski definition) is 3. The highest BCUT2D eigenvalue weighted by atomic mass is 16.4. The van der Waals surface area contributed by atoms with Crippen molar-refractivity contribution in [1.29, 1.82) is 0 Å². The number of nitrogens with zero attached hydrogens (tertiary/aromatic N) is 3. The Bertz CT molecular complexity index is 591. The lowest BCUT2D eigenvalue weighted by atomic mass is 10.0. The molecule has 4 N–H and O–H groups in total. The first-order chi connectivity index (χ1) is 9.60. The highest BCUT2D eigenvalue weighted by Gasteiger charge is 2.15. The molecule has 0 amide bonds. The van der Waals surface area contributed by atoms with Crippen molar-refractivity contribution >= 4 is 11.5 Å². The van der Waals surface area contributed by atoms with Gasteiger partial charge in [-0.1, -0.05) is 35.5 Å². The monoisotopic (exact) mass is 273 g/mol. The lowest BCUT2D eigenvalue weighted by molar-refractivity contribution is 0.316. The van der Waals surface area contributed by atoms with Gasteiger partial charge >= 0.3 is 0 Å². The van der Waals surface area contributed by atoms with Gasteiger partial charge in [0.05, 0.1) is 17.4 Å². The average Bonchev–Trinajstić information content (AvgIpc) is 2.77. The molecule has 106 valence electrons. The van der Waals surface area contributed by atoms with Crippen molar-refractivity contribution in [3.05, 3.63) is 47.8 Å². The minimum atomic E-state index is -0.0741. The van der Waals surface area contributed by atoms with Crippen LogP contribution >= 0.6 is 0 Å². The number of oxime groups is 1. The summed E-state index contributed by atoms with van der Waals surface area (Å²) < 4.78 is 1.75. The molecule has 0 saturated carbocycles. The van der Waals surface area contributed by atoms with E-state index >= 15 is 0 Å². The van der Waals surface area contributed by atoms with E-state index in [0.29, 0.717) is 6.42 Å². The number of aryl methyl sites for hydroxylation is 2. The molecule has 1 aromatic heterocycles. The van der Waals surface area contributed by atoms with Crippen molar-refractivity contribution in [3.8, 4) is 0 Å². The Labute approximate surface area is 117 Å². The molecule has 0 aliphatic rings. The molecular weight excluding hydrogens is 254 g/mol. The van der Waals surface area contributed by atoms with Gasteiger partial charge in [0.2, 0.25) is 0 Å². The predicted molar refractivity (Wildman–Crippen MR) is 78.8 cm³/mol. The smallest absolute Gasteiger partial charge is 0.141 e. The third-order valence-electron chi connectivity index (χ3n) is 3.09. The van der Waals surface area contributed by atoms with Gasteiger partial charge in [-0.05, 0) is 12.5 Å². The third kappa shape index (κ3) is 3.28. The van der Waals surface area contributed by atoms with Crippen LogP contribution in [0.2, 0.25) is 0 Å². The van der Waals surface area contributed by atoms with Crippen molar-refractivity contribution in [1.82, 2.24) is 9.78 Å². The van der Waals surface area contributed by atoms with Crippen molar-refractivity contribution in [3.63, 3.8) is 0 Å². The minimum absolute atomic E-state index is 0.0741. The van der Waals surface area contributed by atoms with Crippen LogP contribution in [0.4, 0.5) is 5.69 Å². The molecule has 0 fully saturated rings. The zero-order valence-electron chi connectivity index (χ0n) is 11.6. The maximum Gasteiger partial charge on any atom is 0.141 e.